The van der Waals surface area contributed by atoms with Crippen molar-refractivity contribution in [1.29, 1.82) is 0 Å². The van der Waals surface area contributed by atoms with Crippen LogP contribution in [-0.2, 0) is 9.59 Å². The molecule has 0 saturated heterocycles. The molecule has 31 heavy (non-hydrogen) atoms. The minimum atomic E-state index is -0.822. The normalized spacial score (nSPS) is 15.4. The number of hydrogen-bond donors (Lipinski definition) is 0. The zero-order valence-electron chi connectivity index (χ0n) is 18.8. The molecule has 5 heteroatoms. The third-order valence-corrected chi connectivity index (χ3v) is 6.27. The number of likely N-dealkylation sites (N-methyl/N-ethyl adjacent to an activating group) is 1. The smallest absolute Gasteiger partial charge is 0.250 e. The number of carbonyl (C=O) groups is 2. The molecule has 4 nitrogen and oxygen atoms in total. The van der Waals surface area contributed by atoms with E-state index in [0.29, 0.717) is 12.2 Å². The summed E-state index contributed by atoms with van der Waals surface area (Å²) >= 11 is 0. The van der Waals surface area contributed by atoms with Crippen molar-refractivity contribution in [3.8, 4) is 0 Å². The lowest BCUT2D eigenvalue weighted by molar-refractivity contribution is -0.137. The second-order valence-corrected chi connectivity index (χ2v) is 8.27. The van der Waals surface area contributed by atoms with E-state index in [1.165, 1.54) is 23.5 Å². The highest BCUT2D eigenvalue weighted by Crippen LogP contribution is 2.34. The highest BCUT2D eigenvalue weighted by molar-refractivity contribution is 6.01. The van der Waals surface area contributed by atoms with Gasteiger partial charge in [-0.1, -0.05) is 56.5 Å². The molecule has 2 aromatic rings. The van der Waals surface area contributed by atoms with Gasteiger partial charge in [-0.2, -0.15) is 0 Å². The van der Waals surface area contributed by atoms with Gasteiger partial charge in [-0.3, -0.25) is 14.5 Å². The van der Waals surface area contributed by atoms with Gasteiger partial charge in [0, 0.05) is 24.7 Å². The first-order valence-corrected chi connectivity index (χ1v) is 11.4. The van der Waals surface area contributed by atoms with E-state index in [-0.39, 0.29) is 24.3 Å². The number of rotatable bonds is 7. The van der Waals surface area contributed by atoms with Crippen molar-refractivity contribution in [2.24, 2.45) is 0 Å². The molecule has 2 amide bonds. The number of amides is 2. The van der Waals surface area contributed by atoms with Crippen LogP contribution in [0.2, 0.25) is 0 Å². The average molecular weight is 425 g/mol. The first kappa shape index (κ1) is 23.0. The summed E-state index contributed by atoms with van der Waals surface area (Å²) in [5, 5.41) is 0. The van der Waals surface area contributed by atoms with E-state index in [0.717, 1.165) is 36.8 Å². The van der Waals surface area contributed by atoms with Gasteiger partial charge in [-0.25, -0.2) is 4.39 Å². The molecule has 0 radical (unpaired) electrons. The maximum absolute atomic E-state index is 14.1. The number of benzene rings is 2. The average Bonchev–Trinajstić information content (AvgIpc) is 2.78. The Morgan fingerprint density at radius 1 is 1.03 bits per heavy atom. The molecule has 0 aromatic heterocycles. The number of hydrogen-bond acceptors (Lipinski definition) is 2. The second kappa shape index (κ2) is 10.6. The molecule has 1 aliphatic rings. The second-order valence-electron chi connectivity index (χ2n) is 8.27. The Balaban J connectivity index is 2.13. The third-order valence-electron chi connectivity index (χ3n) is 6.27. The zero-order valence-corrected chi connectivity index (χ0v) is 18.8. The molecule has 1 aliphatic carbocycles. The molecule has 1 saturated carbocycles. The molecular weight excluding hydrogens is 391 g/mol. The monoisotopic (exact) mass is 424 g/mol. The molecule has 0 heterocycles. The van der Waals surface area contributed by atoms with Gasteiger partial charge in [-0.05, 0) is 56.0 Å². The predicted molar refractivity (Wildman–Crippen MR) is 122 cm³/mol. The van der Waals surface area contributed by atoms with Gasteiger partial charge in [-0.15, -0.1) is 0 Å². The lowest BCUT2D eigenvalue weighted by Crippen LogP contribution is -2.49. The first-order chi connectivity index (χ1) is 15.0. The number of aryl methyl sites for hydroxylation is 1. The van der Waals surface area contributed by atoms with Gasteiger partial charge in [0.15, 0.2) is 0 Å². The summed E-state index contributed by atoms with van der Waals surface area (Å²) in [5.41, 5.74) is 2.13. The van der Waals surface area contributed by atoms with Crippen molar-refractivity contribution < 1.29 is 14.0 Å². The van der Waals surface area contributed by atoms with Crippen LogP contribution in [0.3, 0.4) is 0 Å². The van der Waals surface area contributed by atoms with E-state index in [2.05, 4.69) is 0 Å². The fourth-order valence-corrected chi connectivity index (χ4v) is 4.65. The molecule has 3 rings (SSSR count). The van der Waals surface area contributed by atoms with Gasteiger partial charge in [0.25, 0.3) is 5.91 Å². The Morgan fingerprint density at radius 2 is 1.74 bits per heavy atom. The third kappa shape index (κ3) is 5.15. The first-order valence-electron chi connectivity index (χ1n) is 11.4. The van der Waals surface area contributed by atoms with Crippen molar-refractivity contribution >= 4 is 17.5 Å². The van der Waals surface area contributed by atoms with E-state index >= 15 is 0 Å². The summed E-state index contributed by atoms with van der Waals surface area (Å²) in [6.45, 7) is 6.30. The number of carbonyl (C=O) groups excluding carboxylic acids is 2. The molecule has 1 fully saturated rings. The van der Waals surface area contributed by atoms with Gasteiger partial charge >= 0.3 is 0 Å². The van der Waals surface area contributed by atoms with Crippen LogP contribution >= 0.6 is 0 Å². The molecular formula is C26H33FN2O2. The van der Waals surface area contributed by atoms with Gasteiger partial charge in [0.2, 0.25) is 5.91 Å². The highest BCUT2D eigenvalue weighted by atomic mass is 19.1. The number of anilines is 1. The molecule has 0 bridgehead atoms. The van der Waals surface area contributed by atoms with Crippen molar-refractivity contribution in [1.82, 2.24) is 4.90 Å². The van der Waals surface area contributed by atoms with Crippen molar-refractivity contribution in [3.05, 3.63) is 65.5 Å². The fraction of sp³-hybridized carbons (Fsp3) is 0.462. The Hall–Kier alpha value is -2.69. The maximum Gasteiger partial charge on any atom is 0.250 e. The quantitative estimate of drug-likeness (QED) is 0.564. The van der Waals surface area contributed by atoms with Crippen molar-refractivity contribution in [2.45, 2.75) is 71.4 Å². The van der Waals surface area contributed by atoms with Crippen LogP contribution in [0.15, 0.2) is 48.5 Å². The van der Waals surface area contributed by atoms with Crippen molar-refractivity contribution in [3.63, 3.8) is 0 Å². The predicted octanol–water partition coefficient (Wildman–Crippen LogP) is 5.80. The molecule has 0 aliphatic heterocycles. The highest BCUT2D eigenvalue weighted by Gasteiger charge is 2.37. The molecule has 0 N–H and O–H groups in total. The Bertz CT molecular complexity index is 908. The van der Waals surface area contributed by atoms with Crippen LogP contribution in [0, 0.1) is 12.7 Å². The van der Waals surface area contributed by atoms with Crippen LogP contribution in [0.4, 0.5) is 10.1 Å². The van der Waals surface area contributed by atoms with E-state index in [4.69, 9.17) is 0 Å². The van der Waals surface area contributed by atoms with Gasteiger partial charge < -0.3 is 4.90 Å². The van der Waals surface area contributed by atoms with Gasteiger partial charge in [0.1, 0.15) is 11.9 Å². The van der Waals surface area contributed by atoms with Crippen LogP contribution in [-0.4, -0.2) is 29.3 Å². The van der Waals surface area contributed by atoms with Crippen molar-refractivity contribution in [2.75, 3.05) is 11.4 Å². The Morgan fingerprint density at radius 3 is 2.35 bits per heavy atom. The SMILES string of the molecule is CCC(=O)N(c1cccc(F)c1)C(C(=O)N(CC)C1CCCCC1)c1ccccc1C. The largest absolute Gasteiger partial charge is 0.338 e. The molecule has 1 atom stereocenters. The van der Waals surface area contributed by atoms with E-state index in [1.807, 2.05) is 43.0 Å². The van der Waals surface area contributed by atoms with Gasteiger partial charge in [0.05, 0.1) is 0 Å². The number of nitrogens with zero attached hydrogens (tertiary/aromatic N) is 2. The van der Waals surface area contributed by atoms with E-state index in [9.17, 15) is 14.0 Å². The topological polar surface area (TPSA) is 40.6 Å². The van der Waals surface area contributed by atoms with E-state index < -0.39 is 11.9 Å². The Labute approximate surface area is 185 Å². The zero-order chi connectivity index (χ0) is 22.4. The van der Waals surface area contributed by atoms with E-state index in [1.54, 1.807) is 19.1 Å². The lowest BCUT2D eigenvalue weighted by atomic mass is 9.92. The van der Waals surface area contributed by atoms with Crippen LogP contribution in [0.25, 0.3) is 0 Å². The summed E-state index contributed by atoms with van der Waals surface area (Å²) in [6.07, 6.45) is 5.63. The minimum Gasteiger partial charge on any atom is -0.338 e. The standard InChI is InChI=1S/C26H33FN2O2/c1-4-24(30)29(22-16-11-13-20(27)18-22)25(23-17-10-9-12-19(23)3)26(31)28(5-2)21-14-7-6-8-15-21/h9-13,16-18,21,25H,4-8,14-15H2,1-3H3. The molecule has 2 aromatic carbocycles. The number of halogens is 1. The van der Waals surface area contributed by atoms with Crippen LogP contribution in [0.5, 0.6) is 0 Å². The molecule has 0 spiro atoms. The maximum atomic E-state index is 14.1. The minimum absolute atomic E-state index is 0.0882. The summed E-state index contributed by atoms with van der Waals surface area (Å²) in [7, 11) is 0. The summed E-state index contributed by atoms with van der Waals surface area (Å²) in [4.78, 5) is 30.7. The fourth-order valence-electron chi connectivity index (χ4n) is 4.65. The summed E-state index contributed by atoms with van der Waals surface area (Å²) in [5.74, 6) is -0.719. The molecule has 1 unspecified atom stereocenters. The van der Waals surface area contributed by atoms with Crippen LogP contribution in [0.1, 0.15) is 69.5 Å². The summed E-state index contributed by atoms with van der Waals surface area (Å²) in [6, 6.07) is 13.0. The molecule has 166 valence electrons. The summed E-state index contributed by atoms with van der Waals surface area (Å²) < 4.78 is 14.1. The van der Waals surface area contributed by atoms with Crippen LogP contribution < -0.4 is 4.90 Å². The Kier molecular flexibility index (Phi) is 7.83. The lowest BCUT2D eigenvalue weighted by Gasteiger charge is -2.39.